The van der Waals surface area contributed by atoms with Crippen LogP contribution < -0.4 is 10.2 Å². The van der Waals surface area contributed by atoms with Gasteiger partial charge in [-0.2, -0.15) is 13.2 Å². The summed E-state index contributed by atoms with van der Waals surface area (Å²) in [5.74, 6) is 0.661. The molecule has 0 bridgehead atoms. The van der Waals surface area contributed by atoms with Gasteiger partial charge in [0.25, 0.3) is 0 Å². The molecule has 1 aliphatic heterocycles. The molecule has 1 aliphatic rings. The molecule has 6 nitrogen and oxygen atoms in total. The quantitative estimate of drug-likeness (QED) is 0.528. The van der Waals surface area contributed by atoms with Crippen LogP contribution >= 0.6 is 22.9 Å². The van der Waals surface area contributed by atoms with Gasteiger partial charge < -0.3 is 15.1 Å². The standard InChI is InChI=1S/C22H23ClF3N5OS/c1-13(2)18(29-17-4-3-14(11-16(17)23)22(24,25)26)21(32)31-8-6-30(7-9-31)19-15-5-10-33-20(15)28-12-27-19/h3-5,10-13,18,29H,6-9H2,1-2H3/t18-/m1/s1. The third-order valence-electron chi connectivity index (χ3n) is 5.67. The third kappa shape index (κ3) is 5.01. The van der Waals surface area contributed by atoms with Crippen LogP contribution in [0.4, 0.5) is 24.7 Å². The molecular formula is C22H23ClF3N5OS. The molecule has 0 radical (unpaired) electrons. The van der Waals surface area contributed by atoms with Crippen LogP contribution in [0.25, 0.3) is 10.2 Å². The topological polar surface area (TPSA) is 61.4 Å². The monoisotopic (exact) mass is 497 g/mol. The molecule has 1 fully saturated rings. The van der Waals surface area contributed by atoms with Crippen LogP contribution in [0.1, 0.15) is 19.4 Å². The van der Waals surface area contributed by atoms with E-state index in [1.807, 2.05) is 25.3 Å². The smallest absolute Gasteiger partial charge is 0.372 e. The maximum Gasteiger partial charge on any atom is 0.416 e. The van der Waals surface area contributed by atoms with E-state index in [4.69, 9.17) is 11.6 Å². The zero-order valence-corrected chi connectivity index (χ0v) is 19.6. The summed E-state index contributed by atoms with van der Waals surface area (Å²) in [6.07, 6.45) is -2.93. The summed E-state index contributed by atoms with van der Waals surface area (Å²) in [5.41, 5.74) is -0.526. The summed E-state index contributed by atoms with van der Waals surface area (Å²) in [7, 11) is 0. The molecule has 11 heteroatoms. The number of rotatable bonds is 5. The molecule has 33 heavy (non-hydrogen) atoms. The lowest BCUT2D eigenvalue weighted by atomic mass is 10.0. The Balaban J connectivity index is 1.44. The highest BCUT2D eigenvalue weighted by atomic mass is 35.5. The second kappa shape index (κ2) is 9.34. The predicted octanol–water partition coefficient (Wildman–Crippen LogP) is 5.15. The number of aromatic nitrogens is 2. The van der Waals surface area contributed by atoms with Gasteiger partial charge in [0, 0.05) is 26.2 Å². The summed E-state index contributed by atoms with van der Waals surface area (Å²) in [6, 6.07) is 4.49. The summed E-state index contributed by atoms with van der Waals surface area (Å²) in [6.45, 7) is 6.05. The fraction of sp³-hybridized carbons (Fsp3) is 0.409. The first-order valence-corrected chi connectivity index (χ1v) is 11.8. The van der Waals surface area contributed by atoms with Gasteiger partial charge >= 0.3 is 6.18 Å². The molecule has 3 heterocycles. The van der Waals surface area contributed by atoms with Gasteiger partial charge in [-0.05, 0) is 35.6 Å². The van der Waals surface area contributed by atoms with Crippen molar-refractivity contribution in [2.45, 2.75) is 26.1 Å². The number of nitrogens with zero attached hydrogens (tertiary/aromatic N) is 4. The highest BCUT2D eigenvalue weighted by Crippen LogP contribution is 2.34. The second-order valence-electron chi connectivity index (χ2n) is 8.21. The Morgan fingerprint density at radius 1 is 1.15 bits per heavy atom. The molecule has 1 aromatic carbocycles. The number of carbonyl (C=O) groups is 1. The zero-order chi connectivity index (χ0) is 23.8. The van der Waals surface area contributed by atoms with Gasteiger partial charge in [-0.3, -0.25) is 4.79 Å². The van der Waals surface area contributed by atoms with Gasteiger partial charge in [0.2, 0.25) is 5.91 Å². The summed E-state index contributed by atoms with van der Waals surface area (Å²) < 4.78 is 38.8. The van der Waals surface area contributed by atoms with E-state index in [1.165, 1.54) is 6.07 Å². The number of thiophene rings is 1. The molecule has 1 saturated heterocycles. The third-order valence-corrected chi connectivity index (χ3v) is 6.81. The SMILES string of the molecule is CC(C)[C@@H](Nc1ccc(C(F)(F)F)cc1Cl)C(=O)N1CCN(c2ncnc3sccc23)CC1. The summed E-state index contributed by atoms with van der Waals surface area (Å²) >= 11 is 7.65. The van der Waals surface area contributed by atoms with Crippen molar-refractivity contribution in [1.29, 1.82) is 0 Å². The zero-order valence-electron chi connectivity index (χ0n) is 18.1. The number of hydrogen-bond donors (Lipinski definition) is 1. The van der Waals surface area contributed by atoms with E-state index in [9.17, 15) is 18.0 Å². The summed E-state index contributed by atoms with van der Waals surface area (Å²) in [4.78, 5) is 26.9. The van der Waals surface area contributed by atoms with Crippen LogP contribution in [0.15, 0.2) is 36.0 Å². The van der Waals surface area contributed by atoms with Gasteiger partial charge in [0.1, 0.15) is 23.0 Å². The molecule has 4 rings (SSSR count). The first-order valence-electron chi connectivity index (χ1n) is 10.5. The number of benzene rings is 1. The lowest BCUT2D eigenvalue weighted by Crippen LogP contribution is -2.54. The number of nitrogens with one attached hydrogen (secondary N) is 1. The number of piperazine rings is 1. The van der Waals surface area contributed by atoms with Crippen molar-refractivity contribution >= 4 is 50.6 Å². The maximum absolute atomic E-state index is 13.3. The Morgan fingerprint density at radius 2 is 1.88 bits per heavy atom. The van der Waals surface area contributed by atoms with E-state index in [2.05, 4.69) is 20.2 Å². The minimum atomic E-state index is -4.48. The van der Waals surface area contributed by atoms with Crippen molar-refractivity contribution in [3.8, 4) is 0 Å². The largest absolute Gasteiger partial charge is 0.416 e. The predicted molar refractivity (Wildman–Crippen MR) is 125 cm³/mol. The van der Waals surface area contributed by atoms with Crippen LogP contribution in [-0.2, 0) is 11.0 Å². The highest BCUT2D eigenvalue weighted by molar-refractivity contribution is 7.16. The first-order chi connectivity index (χ1) is 15.6. The van der Waals surface area contributed by atoms with Crippen LogP contribution in [-0.4, -0.2) is 53.0 Å². The molecule has 2 aromatic heterocycles. The van der Waals surface area contributed by atoms with Gasteiger partial charge in [-0.25, -0.2) is 9.97 Å². The minimum absolute atomic E-state index is 0.0726. The molecule has 0 spiro atoms. The second-order valence-corrected chi connectivity index (χ2v) is 9.51. The average molecular weight is 498 g/mol. The highest BCUT2D eigenvalue weighted by Gasteiger charge is 2.33. The lowest BCUT2D eigenvalue weighted by molar-refractivity contribution is -0.137. The Kier molecular flexibility index (Phi) is 6.67. The van der Waals surface area contributed by atoms with E-state index in [-0.39, 0.29) is 16.8 Å². The molecule has 1 atom stereocenters. The normalized spacial score (nSPS) is 15.8. The molecule has 0 saturated carbocycles. The Morgan fingerprint density at radius 3 is 2.52 bits per heavy atom. The number of amides is 1. The molecule has 0 unspecified atom stereocenters. The molecule has 0 aliphatic carbocycles. The lowest BCUT2D eigenvalue weighted by Gasteiger charge is -2.38. The van der Waals surface area contributed by atoms with E-state index < -0.39 is 17.8 Å². The van der Waals surface area contributed by atoms with Gasteiger partial charge in [-0.1, -0.05) is 25.4 Å². The van der Waals surface area contributed by atoms with Gasteiger partial charge in [0.05, 0.1) is 21.7 Å². The molecule has 1 amide bonds. The number of hydrogen-bond acceptors (Lipinski definition) is 6. The Hall–Kier alpha value is -2.59. The first kappa shape index (κ1) is 23.6. The minimum Gasteiger partial charge on any atom is -0.372 e. The van der Waals surface area contributed by atoms with Crippen molar-refractivity contribution in [3.05, 3.63) is 46.6 Å². The van der Waals surface area contributed by atoms with Crippen LogP contribution in [0.2, 0.25) is 5.02 Å². The Labute approximate surface area is 198 Å². The van der Waals surface area contributed by atoms with E-state index in [1.54, 1.807) is 22.6 Å². The van der Waals surface area contributed by atoms with E-state index in [0.717, 1.165) is 28.2 Å². The number of alkyl halides is 3. The Bertz CT molecular complexity index is 1140. The van der Waals surface area contributed by atoms with Crippen molar-refractivity contribution in [2.75, 3.05) is 36.4 Å². The molecule has 1 N–H and O–H groups in total. The molecule has 176 valence electrons. The average Bonchev–Trinajstić information content (AvgIpc) is 3.26. The van der Waals surface area contributed by atoms with Crippen LogP contribution in [0.3, 0.4) is 0 Å². The van der Waals surface area contributed by atoms with Crippen molar-refractivity contribution in [1.82, 2.24) is 14.9 Å². The van der Waals surface area contributed by atoms with Crippen molar-refractivity contribution in [3.63, 3.8) is 0 Å². The van der Waals surface area contributed by atoms with E-state index in [0.29, 0.717) is 31.9 Å². The molecular weight excluding hydrogens is 475 g/mol. The summed E-state index contributed by atoms with van der Waals surface area (Å²) in [5, 5.41) is 5.97. The number of carbonyl (C=O) groups excluding carboxylic acids is 1. The number of anilines is 2. The number of halogens is 4. The fourth-order valence-corrected chi connectivity index (χ4v) is 4.82. The fourth-order valence-electron chi connectivity index (χ4n) is 3.85. The van der Waals surface area contributed by atoms with E-state index >= 15 is 0 Å². The van der Waals surface area contributed by atoms with Crippen LogP contribution in [0, 0.1) is 5.92 Å². The van der Waals surface area contributed by atoms with Crippen LogP contribution in [0.5, 0.6) is 0 Å². The van der Waals surface area contributed by atoms with Crippen molar-refractivity contribution in [2.24, 2.45) is 5.92 Å². The maximum atomic E-state index is 13.3. The van der Waals surface area contributed by atoms with Gasteiger partial charge in [0.15, 0.2) is 0 Å². The van der Waals surface area contributed by atoms with Crippen molar-refractivity contribution < 1.29 is 18.0 Å². The molecule has 3 aromatic rings. The number of fused-ring (bicyclic) bond motifs is 1. The van der Waals surface area contributed by atoms with Gasteiger partial charge in [-0.15, -0.1) is 11.3 Å².